The third-order valence-corrected chi connectivity index (χ3v) is 4.43. The van der Waals surface area contributed by atoms with Gasteiger partial charge in [0.1, 0.15) is 5.82 Å². The van der Waals surface area contributed by atoms with Crippen molar-refractivity contribution in [1.82, 2.24) is 19.9 Å². The van der Waals surface area contributed by atoms with E-state index in [1.165, 1.54) is 0 Å². The first-order valence-corrected chi connectivity index (χ1v) is 7.71. The van der Waals surface area contributed by atoms with Crippen LogP contribution >= 0.6 is 0 Å². The minimum absolute atomic E-state index is 0.105. The number of aliphatic hydroxyl groups is 1. The Bertz CT molecular complexity index is 827. The van der Waals surface area contributed by atoms with Crippen LogP contribution in [0.4, 0.5) is 5.82 Å². The first-order valence-electron chi connectivity index (χ1n) is 7.71. The van der Waals surface area contributed by atoms with Crippen LogP contribution < -0.4 is 5.32 Å². The van der Waals surface area contributed by atoms with Crippen LogP contribution in [-0.2, 0) is 0 Å². The van der Waals surface area contributed by atoms with Gasteiger partial charge in [-0.1, -0.05) is 0 Å². The zero-order valence-corrected chi connectivity index (χ0v) is 12.6. The molecule has 0 saturated heterocycles. The molecule has 1 aliphatic carbocycles. The summed E-state index contributed by atoms with van der Waals surface area (Å²) in [6.45, 7) is 0.105. The Morgan fingerprint density at radius 1 is 1.04 bits per heavy atom. The molecule has 0 aromatic carbocycles. The van der Waals surface area contributed by atoms with Crippen molar-refractivity contribution in [2.75, 3.05) is 11.9 Å². The summed E-state index contributed by atoms with van der Waals surface area (Å²) in [6.07, 6.45) is 9.93. The Labute approximate surface area is 133 Å². The third-order valence-electron chi connectivity index (χ3n) is 4.43. The summed E-state index contributed by atoms with van der Waals surface area (Å²) < 4.78 is 0. The first kappa shape index (κ1) is 14.0. The molecule has 1 aliphatic rings. The monoisotopic (exact) mass is 307 g/mol. The van der Waals surface area contributed by atoms with E-state index in [0.29, 0.717) is 5.82 Å². The molecule has 116 valence electrons. The predicted molar refractivity (Wildman–Crippen MR) is 87.9 cm³/mol. The molecule has 0 unspecified atom stereocenters. The molecular formula is C17H17N5O. The SMILES string of the molecule is OCC1(Nc2nc(-c3ccncc3)nc3cnccc23)CCC1. The van der Waals surface area contributed by atoms with Gasteiger partial charge in [-0.2, -0.15) is 0 Å². The summed E-state index contributed by atoms with van der Waals surface area (Å²) in [6, 6.07) is 5.66. The molecule has 0 amide bonds. The number of nitrogens with zero attached hydrogens (tertiary/aromatic N) is 4. The smallest absolute Gasteiger partial charge is 0.162 e. The molecule has 1 saturated carbocycles. The van der Waals surface area contributed by atoms with E-state index in [1.807, 2.05) is 18.2 Å². The molecule has 0 radical (unpaired) electrons. The fourth-order valence-corrected chi connectivity index (χ4v) is 2.88. The lowest BCUT2D eigenvalue weighted by Crippen LogP contribution is -2.48. The first-order chi connectivity index (χ1) is 11.3. The average Bonchev–Trinajstić information content (AvgIpc) is 2.58. The highest BCUT2D eigenvalue weighted by atomic mass is 16.3. The Morgan fingerprint density at radius 3 is 2.52 bits per heavy atom. The lowest BCUT2D eigenvalue weighted by Gasteiger charge is -2.41. The van der Waals surface area contributed by atoms with Crippen LogP contribution in [0.5, 0.6) is 0 Å². The fourth-order valence-electron chi connectivity index (χ4n) is 2.88. The quantitative estimate of drug-likeness (QED) is 0.770. The molecule has 6 nitrogen and oxygen atoms in total. The number of aromatic nitrogens is 4. The zero-order chi connectivity index (χ0) is 15.7. The molecule has 1 fully saturated rings. The molecule has 0 aliphatic heterocycles. The highest BCUT2D eigenvalue weighted by molar-refractivity contribution is 5.90. The second kappa shape index (κ2) is 5.55. The summed E-state index contributed by atoms with van der Waals surface area (Å²) >= 11 is 0. The van der Waals surface area contributed by atoms with Gasteiger partial charge in [-0.3, -0.25) is 9.97 Å². The Morgan fingerprint density at radius 2 is 1.83 bits per heavy atom. The predicted octanol–water partition coefficient (Wildman–Crippen LogP) is 2.41. The van der Waals surface area contributed by atoms with Gasteiger partial charge in [0.05, 0.1) is 23.9 Å². The minimum Gasteiger partial charge on any atom is -0.394 e. The van der Waals surface area contributed by atoms with Gasteiger partial charge in [0.2, 0.25) is 0 Å². The van der Waals surface area contributed by atoms with E-state index < -0.39 is 0 Å². The molecule has 2 N–H and O–H groups in total. The average molecular weight is 307 g/mol. The number of fused-ring (bicyclic) bond motifs is 1. The van der Waals surface area contributed by atoms with E-state index in [-0.39, 0.29) is 12.1 Å². The number of nitrogens with one attached hydrogen (secondary N) is 1. The summed E-state index contributed by atoms with van der Waals surface area (Å²) in [7, 11) is 0. The van der Waals surface area contributed by atoms with Crippen LogP contribution in [0.15, 0.2) is 43.0 Å². The number of pyridine rings is 2. The van der Waals surface area contributed by atoms with Crippen molar-refractivity contribution in [3.63, 3.8) is 0 Å². The molecule has 0 spiro atoms. The van der Waals surface area contributed by atoms with Crippen LogP contribution in [-0.4, -0.2) is 37.2 Å². The number of rotatable bonds is 4. The largest absolute Gasteiger partial charge is 0.394 e. The highest BCUT2D eigenvalue weighted by Crippen LogP contribution is 2.36. The molecule has 3 heterocycles. The van der Waals surface area contributed by atoms with Crippen molar-refractivity contribution < 1.29 is 5.11 Å². The maximum Gasteiger partial charge on any atom is 0.162 e. The zero-order valence-electron chi connectivity index (χ0n) is 12.6. The summed E-state index contributed by atoms with van der Waals surface area (Å²) in [5.74, 6) is 1.38. The Hall–Kier alpha value is -2.60. The van der Waals surface area contributed by atoms with Gasteiger partial charge in [0, 0.05) is 29.5 Å². The van der Waals surface area contributed by atoms with E-state index in [0.717, 1.165) is 41.5 Å². The van der Waals surface area contributed by atoms with E-state index in [4.69, 9.17) is 4.98 Å². The van der Waals surface area contributed by atoms with Gasteiger partial charge in [-0.15, -0.1) is 0 Å². The number of anilines is 1. The standard InChI is InChI=1S/C17H17N5O/c23-11-17(5-1-6-17)22-16-13-4-9-19-10-14(13)20-15(21-16)12-2-7-18-8-3-12/h2-4,7-10,23H,1,5-6,11H2,(H,20,21,22). The molecule has 6 heteroatoms. The topological polar surface area (TPSA) is 83.8 Å². The molecule has 0 bridgehead atoms. The third kappa shape index (κ3) is 2.51. The number of hydrogen-bond donors (Lipinski definition) is 2. The highest BCUT2D eigenvalue weighted by Gasteiger charge is 2.37. The second-order valence-electron chi connectivity index (χ2n) is 5.94. The number of aliphatic hydroxyl groups excluding tert-OH is 1. The van der Waals surface area contributed by atoms with Crippen LogP contribution in [0.25, 0.3) is 22.3 Å². The Balaban J connectivity index is 1.84. The maximum atomic E-state index is 9.73. The summed E-state index contributed by atoms with van der Waals surface area (Å²) in [5, 5.41) is 14.1. The van der Waals surface area contributed by atoms with Crippen molar-refractivity contribution in [2.45, 2.75) is 24.8 Å². The van der Waals surface area contributed by atoms with Gasteiger partial charge in [-0.05, 0) is 37.5 Å². The van der Waals surface area contributed by atoms with E-state index in [9.17, 15) is 5.11 Å². The number of hydrogen-bond acceptors (Lipinski definition) is 6. The second-order valence-corrected chi connectivity index (χ2v) is 5.94. The van der Waals surface area contributed by atoms with Crippen molar-refractivity contribution in [1.29, 1.82) is 0 Å². The molecule has 3 aromatic rings. The normalized spacial score (nSPS) is 16.0. The molecule has 3 aromatic heterocycles. The van der Waals surface area contributed by atoms with Crippen molar-refractivity contribution >= 4 is 16.7 Å². The summed E-state index contributed by atoms with van der Waals surface area (Å²) in [5.41, 5.74) is 1.42. The van der Waals surface area contributed by atoms with E-state index >= 15 is 0 Å². The Kier molecular flexibility index (Phi) is 3.38. The molecular weight excluding hydrogens is 290 g/mol. The van der Waals surface area contributed by atoms with Crippen LogP contribution in [0.1, 0.15) is 19.3 Å². The molecule has 23 heavy (non-hydrogen) atoms. The van der Waals surface area contributed by atoms with Gasteiger partial charge in [-0.25, -0.2) is 9.97 Å². The summed E-state index contributed by atoms with van der Waals surface area (Å²) in [4.78, 5) is 17.5. The maximum absolute atomic E-state index is 9.73. The van der Waals surface area contributed by atoms with Gasteiger partial charge < -0.3 is 10.4 Å². The van der Waals surface area contributed by atoms with Crippen molar-refractivity contribution in [3.8, 4) is 11.4 Å². The van der Waals surface area contributed by atoms with Crippen LogP contribution in [0.2, 0.25) is 0 Å². The van der Waals surface area contributed by atoms with E-state index in [2.05, 4.69) is 20.3 Å². The lowest BCUT2D eigenvalue weighted by atomic mass is 9.77. The van der Waals surface area contributed by atoms with Gasteiger partial charge in [0.25, 0.3) is 0 Å². The van der Waals surface area contributed by atoms with Gasteiger partial charge in [0.15, 0.2) is 5.82 Å². The van der Waals surface area contributed by atoms with Gasteiger partial charge >= 0.3 is 0 Å². The lowest BCUT2D eigenvalue weighted by molar-refractivity contribution is 0.144. The fraction of sp³-hybridized carbons (Fsp3) is 0.294. The van der Waals surface area contributed by atoms with Crippen LogP contribution in [0.3, 0.4) is 0 Å². The van der Waals surface area contributed by atoms with Crippen LogP contribution in [0, 0.1) is 0 Å². The molecule has 4 rings (SSSR count). The minimum atomic E-state index is -0.264. The van der Waals surface area contributed by atoms with E-state index in [1.54, 1.807) is 24.8 Å². The molecule has 0 atom stereocenters. The van der Waals surface area contributed by atoms with Crippen molar-refractivity contribution in [2.24, 2.45) is 0 Å². The van der Waals surface area contributed by atoms with Crippen molar-refractivity contribution in [3.05, 3.63) is 43.0 Å².